The molecule has 136 valence electrons. The Kier molecular flexibility index (Phi) is 5.51. The fourth-order valence-corrected chi connectivity index (χ4v) is 2.34. The van der Waals surface area contributed by atoms with Gasteiger partial charge in [0.25, 0.3) is 17.2 Å². The number of carbonyl (C=O) groups excluding carboxylic acids is 2. The molecule has 0 aliphatic heterocycles. The predicted molar refractivity (Wildman–Crippen MR) is 95.0 cm³/mol. The van der Waals surface area contributed by atoms with Crippen molar-refractivity contribution >= 4 is 23.2 Å². The Balaban J connectivity index is 2.28. The van der Waals surface area contributed by atoms with Crippen molar-refractivity contribution in [2.75, 3.05) is 5.32 Å². The van der Waals surface area contributed by atoms with Crippen molar-refractivity contribution in [2.45, 2.75) is 26.3 Å². The summed E-state index contributed by atoms with van der Waals surface area (Å²) in [4.78, 5) is 45.9. The molecule has 1 aromatic heterocycles. The van der Waals surface area contributed by atoms with E-state index in [1.807, 2.05) is 19.9 Å². The summed E-state index contributed by atoms with van der Waals surface area (Å²) in [6.45, 7) is 3.52. The average molecular weight is 358 g/mol. The molecule has 0 aliphatic carbocycles. The van der Waals surface area contributed by atoms with Crippen molar-refractivity contribution in [2.24, 2.45) is 5.73 Å². The molecule has 0 fully saturated rings. The highest BCUT2D eigenvalue weighted by Gasteiger charge is 2.18. The van der Waals surface area contributed by atoms with E-state index in [9.17, 15) is 24.5 Å². The number of carbonyl (C=O) groups is 2. The largest absolute Gasteiger partial charge is 0.365 e. The van der Waals surface area contributed by atoms with Crippen molar-refractivity contribution in [1.29, 1.82) is 0 Å². The van der Waals surface area contributed by atoms with Crippen LogP contribution in [0.4, 0.5) is 11.4 Å². The van der Waals surface area contributed by atoms with Crippen LogP contribution in [0.2, 0.25) is 0 Å². The Morgan fingerprint density at radius 1 is 1.31 bits per heavy atom. The smallest absolute Gasteiger partial charge is 0.286 e. The Hall–Kier alpha value is -3.49. The number of pyridine rings is 1. The molecule has 0 unspecified atom stereocenters. The monoisotopic (exact) mass is 358 g/mol. The topological polar surface area (TPSA) is 137 Å². The second-order valence-electron chi connectivity index (χ2n) is 5.99. The van der Waals surface area contributed by atoms with Gasteiger partial charge in [0.05, 0.1) is 11.1 Å². The van der Waals surface area contributed by atoms with Gasteiger partial charge in [-0.15, -0.1) is 0 Å². The van der Waals surface area contributed by atoms with Crippen LogP contribution in [-0.4, -0.2) is 21.3 Å². The average Bonchev–Trinajstić information content (AvgIpc) is 2.56. The van der Waals surface area contributed by atoms with E-state index in [-0.39, 0.29) is 5.92 Å². The van der Waals surface area contributed by atoms with Crippen LogP contribution in [0.1, 0.15) is 35.7 Å². The lowest BCUT2D eigenvalue weighted by atomic mass is 10.0. The summed E-state index contributed by atoms with van der Waals surface area (Å²) >= 11 is 0. The molecule has 0 spiro atoms. The Morgan fingerprint density at radius 3 is 2.58 bits per heavy atom. The number of amides is 2. The van der Waals surface area contributed by atoms with Gasteiger partial charge in [0.2, 0.25) is 5.91 Å². The zero-order valence-corrected chi connectivity index (χ0v) is 14.3. The van der Waals surface area contributed by atoms with E-state index >= 15 is 0 Å². The van der Waals surface area contributed by atoms with E-state index in [1.165, 1.54) is 0 Å². The number of nitrogens with two attached hydrogens (primary N) is 1. The first-order chi connectivity index (χ1) is 12.2. The molecule has 0 bridgehead atoms. The highest BCUT2D eigenvalue weighted by Crippen LogP contribution is 2.18. The molecule has 2 rings (SSSR count). The minimum Gasteiger partial charge on any atom is -0.365 e. The van der Waals surface area contributed by atoms with Crippen LogP contribution in [0.25, 0.3) is 0 Å². The SMILES string of the molecule is CC(C)c1cccc(NC(=O)Cn2cc([N+](=O)[O-])cc(C(N)=O)c2=O)c1. The van der Waals surface area contributed by atoms with E-state index in [2.05, 4.69) is 5.32 Å². The minimum atomic E-state index is -1.10. The number of aromatic nitrogens is 1. The zero-order chi connectivity index (χ0) is 19.4. The molecule has 2 amide bonds. The van der Waals surface area contributed by atoms with Crippen LogP contribution in [0, 0.1) is 10.1 Å². The van der Waals surface area contributed by atoms with Gasteiger partial charge < -0.3 is 11.1 Å². The molecule has 2 aromatic rings. The van der Waals surface area contributed by atoms with Gasteiger partial charge in [0.15, 0.2) is 0 Å². The summed E-state index contributed by atoms with van der Waals surface area (Å²) in [5.41, 5.74) is 4.71. The number of nitrogens with one attached hydrogen (secondary N) is 1. The molecule has 1 aromatic carbocycles. The third-order valence-electron chi connectivity index (χ3n) is 3.70. The van der Waals surface area contributed by atoms with E-state index in [4.69, 9.17) is 5.73 Å². The second kappa shape index (κ2) is 7.60. The molecule has 0 radical (unpaired) electrons. The van der Waals surface area contributed by atoms with Crippen LogP contribution >= 0.6 is 0 Å². The second-order valence-corrected chi connectivity index (χ2v) is 5.99. The predicted octanol–water partition coefficient (Wildman–Crippen LogP) is 1.62. The fraction of sp³-hybridized carbons (Fsp3) is 0.235. The summed E-state index contributed by atoms with van der Waals surface area (Å²) in [5, 5.41) is 13.6. The highest BCUT2D eigenvalue weighted by molar-refractivity contribution is 5.93. The molecular formula is C17H18N4O5. The summed E-state index contributed by atoms with van der Waals surface area (Å²) in [5.74, 6) is -1.40. The van der Waals surface area contributed by atoms with Crippen molar-refractivity contribution in [1.82, 2.24) is 4.57 Å². The van der Waals surface area contributed by atoms with Crippen LogP contribution in [0.5, 0.6) is 0 Å². The fourth-order valence-electron chi connectivity index (χ4n) is 2.34. The van der Waals surface area contributed by atoms with Gasteiger partial charge in [-0.3, -0.25) is 29.1 Å². The maximum atomic E-state index is 12.2. The first-order valence-corrected chi connectivity index (χ1v) is 7.77. The molecule has 3 N–H and O–H groups in total. The number of anilines is 1. The number of benzene rings is 1. The molecule has 1 heterocycles. The van der Waals surface area contributed by atoms with Crippen LogP contribution < -0.4 is 16.6 Å². The quantitative estimate of drug-likeness (QED) is 0.597. The first-order valence-electron chi connectivity index (χ1n) is 7.77. The van der Waals surface area contributed by atoms with E-state index < -0.39 is 40.1 Å². The number of hydrogen-bond donors (Lipinski definition) is 2. The van der Waals surface area contributed by atoms with Gasteiger partial charge in [-0.25, -0.2) is 0 Å². The molecule has 0 aliphatic rings. The Bertz CT molecular complexity index is 933. The molecule has 0 saturated heterocycles. The molecule has 0 atom stereocenters. The first kappa shape index (κ1) is 18.8. The third kappa shape index (κ3) is 4.32. The van der Waals surface area contributed by atoms with E-state index in [0.29, 0.717) is 5.69 Å². The maximum absolute atomic E-state index is 12.2. The van der Waals surface area contributed by atoms with Crippen molar-refractivity contribution in [3.8, 4) is 0 Å². The number of hydrogen-bond acceptors (Lipinski definition) is 5. The van der Waals surface area contributed by atoms with Crippen LogP contribution in [0.3, 0.4) is 0 Å². The third-order valence-corrected chi connectivity index (χ3v) is 3.70. The van der Waals surface area contributed by atoms with Gasteiger partial charge in [0, 0.05) is 11.8 Å². The summed E-state index contributed by atoms with van der Waals surface area (Å²) in [6.07, 6.45) is 0.902. The molecule has 9 heteroatoms. The van der Waals surface area contributed by atoms with E-state index in [0.717, 1.165) is 22.4 Å². The highest BCUT2D eigenvalue weighted by atomic mass is 16.6. The van der Waals surface area contributed by atoms with Crippen molar-refractivity contribution in [3.05, 3.63) is 68.1 Å². The van der Waals surface area contributed by atoms with Crippen molar-refractivity contribution in [3.63, 3.8) is 0 Å². The van der Waals surface area contributed by atoms with Crippen LogP contribution in [0.15, 0.2) is 41.3 Å². The normalized spacial score (nSPS) is 10.6. The lowest BCUT2D eigenvalue weighted by Crippen LogP contribution is -2.33. The summed E-state index contributed by atoms with van der Waals surface area (Å²) < 4.78 is 0.792. The van der Waals surface area contributed by atoms with Crippen molar-refractivity contribution < 1.29 is 14.5 Å². The lowest BCUT2D eigenvalue weighted by molar-refractivity contribution is -0.385. The number of rotatable bonds is 6. The van der Waals surface area contributed by atoms with Gasteiger partial charge in [-0.1, -0.05) is 26.0 Å². The Morgan fingerprint density at radius 2 is 2.00 bits per heavy atom. The summed E-state index contributed by atoms with van der Waals surface area (Å²) in [6, 6.07) is 7.99. The molecule has 0 saturated carbocycles. The lowest BCUT2D eigenvalue weighted by Gasteiger charge is -2.11. The van der Waals surface area contributed by atoms with Gasteiger partial charge >= 0.3 is 0 Å². The minimum absolute atomic E-state index is 0.268. The standard InChI is InChI=1S/C17H18N4O5/c1-10(2)11-4-3-5-12(6-11)19-15(22)9-20-8-13(21(25)26)7-14(16(18)23)17(20)24/h3-8,10H,9H2,1-2H3,(H2,18,23)(H,19,22). The molecule has 26 heavy (non-hydrogen) atoms. The maximum Gasteiger partial charge on any atom is 0.286 e. The summed E-state index contributed by atoms with van der Waals surface area (Å²) in [7, 11) is 0. The Labute approximate surface area is 148 Å². The molecule has 9 nitrogen and oxygen atoms in total. The number of primary amides is 1. The van der Waals surface area contributed by atoms with E-state index in [1.54, 1.807) is 18.2 Å². The van der Waals surface area contributed by atoms with Gasteiger partial charge in [-0.05, 0) is 23.6 Å². The zero-order valence-electron chi connectivity index (χ0n) is 14.3. The van der Waals surface area contributed by atoms with Crippen LogP contribution in [-0.2, 0) is 11.3 Å². The van der Waals surface area contributed by atoms with Gasteiger partial charge in [0.1, 0.15) is 12.1 Å². The van der Waals surface area contributed by atoms with Gasteiger partial charge in [-0.2, -0.15) is 0 Å². The number of nitrogens with zero attached hydrogens (tertiary/aromatic N) is 2. The molecular weight excluding hydrogens is 340 g/mol. The number of nitro groups is 1.